The molecule has 0 saturated heterocycles. The van der Waals surface area contributed by atoms with Crippen molar-refractivity contribution < 1.29 is 17.9 Å². The van der Waals surface area contributed by atoms with E-state index in [2.05, 4.69) is 5.10 Å². The van der Waals surface area contributed by atoms with E-state index in [0.717, 1.165) is 21.8 Å². The molecule has 2 aromatic carbocycles. The Labute approximate surface area is 158 Å². The van der Waals surface area contributed by atoms with Gasteiger partial charge in [0.25, 0.3) is 0 Å². The lowest BCUT2D eigenvalue weighted by molar-refractivity contribution is 0.349. The van der Waals surface area contributed by atoms with Gasteiger partial charge in [-0.15, -0.1) is 0 Å². The molecule has 0 aliphatic carbocycles. The summed E-state index contributed by atoms with van der Waals surface area (Å²) >= 11 is 6.26. The molecule has 1 aliphatic rings. The summed E-state index contributed by atoms with van der Waals surface area (Å²) in [5.41, 5.74) is 2.12. The maximum atomic E-state index is 12.3. The second kappa shape index (κ2) is 7.17. The van der Waals surface area contributed by atoms with Crippen LogP contribution in [-0.4, -0.2) is 39.0 Å². The number of methoxy groups -OCH3 is 2. The van der Waals surface area contributed by atoms with Crippen LogP contribution < -0.4 is 9.47 Å². The van der Waals surface area contributed by atoms with E-state index >= 15 is 0 Å². The van der Waals surface area contributed by atoms with Crippen LogP contribution in [0.1, 0.15) is 23.6 Å². The van der Waals surface area contributed by atoms with Crippen LogP contribution in [0.3, 0.4) is 0 Å². The van der Waals surface area contributed by atoms with Crippen molar-refractivity contribution in [2.24, 2.45) is 5.10 Å². The zero-order valence-electron chi connectivity index (χ0n) is 14.6. The van der Waals surface area contributed by atoms with E-state index in [1.54, 1.807) is 25.3 Å². The van der Waals surface area contributed by atoms with Crippen molar-refractivity contribution >= 4 is 27.3 Å². The van der Waals surface area contributed by atoms with Crippen LogP contribution >= 0.6 is 11.6 Å². The van der Waals surface area contributed by atoms with E-state index < -0.39 is 16.1 Å². The van der Waals surface area contributed by atoms with Gasteiger partial charge in [0.2, 0.25) is 10.0 Å². The van der Waals surface area contributed by atoms with Gasteiger partial charge < -0.3 is 9.47 Å². The molecule has 1 atom stereocenters. The quantitative estimate of drug-likeness (QED) is 0.778. The molecule has 0 spiro atoms. The van der Waals surface area contributed by atoms with Crippen LogP contribution in [-0.2, 0) is 10.0 Å². The molecule has 0 unspecified atom stereocenters. The maximum absolute atomic E-state index is 12.3. The zero-order chi connectivity index (χ0) is 18.9. The molecule has 0 radical (unpaired) electrons. The highest BCUT2D eigenvalue weighted by Crippen LogP contribution is 2.39. The lowest BCUT2D eigenvalue weighted by atomic mass is 9.99. The third-order valence-corrected chi connectivity index (χ3v) is 5.53. The summed E-state index contributed by atoms with van der Waals surface area (Å²) < 4.78 is 36.3. The van der Waals surface area contributed by atoms with Crippen LogP contribution in [0.15, 0.2) is 47.6 Å². The minimum Gasteiger partial charge on any atom is -0.493 e. The summed E-state index contributed by atoms with van der Waals surface area (Å²) in [5.74, 6) is 1.11. The fourth-order valence-corrected chi connectivity index (χ4v) is 4.11. The third kappa shape index (κ3) is 3.50. The molecule has 0 saturated carbocycles. The van der Waals surface area contributed by atoms with Crippen molar-refractivity contribution in [1.82, 2.24) is 4.41 Å². The number of benzene rings is 2. The minimum absolute atomic E-state index is 0.409. The highest BCUT2D eigenvalue weighted by Gasteiger charge is 2.35. The van der Waals surface area contributed by atoms with Gasteiger partial charge in [0, 0.05) is 17.0 Å². The molecular formula is C18H19ClN2O4S. The molecule has 0 fully saturated rings. The van der Waals surface area contributed by atoms with E-state index in [-0.39, 0.29) is 0 Å². The normalized spacial score (nSPS) is 17.2. The monoisotopic (exact) mass is 394 g/mol. The summed E-state index contributed by atoms with van der Waals surface area (Å²) in [5, 5.41) is 4.89. The first-order chi connectivity index (χ1) is 12.3. The number of rotatable bonds is 5. The molecule has 0 bridgehead atoms. The van der Waals surface area contributed by atoms with E-state index in [4.69, 9.17) is 21.1 Å². The molecule has 1 heterocycles. The predicted octanol–water partition coefficient (Wildman–Crippen LogP) is 3.47. The van der Waals surface area contributed by atoms with Crippen molar-refractivity contribution in [3.05, 3.63) is 58.6 Å². The number of hydrazone groups is 1. The molecule has 1 aliphatic heterocycles. The van der Waals surface area contributed by atoms with Gasteiger partial charge in [-0.3, -0.25) is 0 Å². The Kier molecular flexibility index (Phi) is 5.11. The van der Waals surface area contributed by atoms with Gasteiger partial charge in [0.15, 0.2) is 11.5 Å². The molecule has 138 valence electrons. The van der Waals surface area contributed by atoms with Gasteiger partial charge in [-0.25, -0.2) is 8.42 Å². The molecule has 3 rings (SSSR count). The summed E-state index contributed by atoms with van der Waals surface area (Å²) in [4.78, 5) is 0. The smallest absolute Gasteiger partial charge is 0.247 e. The Hall–Kier alpha value is -2.25. The van der Waals surface area contributed by atoms with Gasteiger partial charge in [0.1, 0.15) is 0 Å². The summed E-state index contributed by atoms with van der Waals surface area (Å²) in [6.45, 7) is 0. The van der Waals surface area contributed by atoms with Gasteiger partial charge >= 0.3 is 0 Å². The molecule has 6 nitrogen and oxygen atoms in total. The average molecular weight is 395 g/mol. The van der Waals surface area contributed by atoms with Gasteiger partial charge in [-0.05, 0) is 23.8 Å². The van der Waals surface area contributed by atoms with Crippen molar-refractivity contribution in [3.8, 4) is 11.5 Å². The first-order valence-corrected chi connectivity index (χ1v) is 10.1. The van der Waals surface area contributed by atoms with E-state index in [9.17, 15) is 8.42 Å². The topological polar surface area (TPSA) is 68.2 Å². The second-order valence-corrected chi connectivity index (χ2v) is 8.14. The Morgan fingerprint density at radius 1 is 1.12 bits per heavy atom. The Balaban J connectivity index is 2.04. The molecule has 8 heteroatoms. The number of sulfonamides is 1. The van der Waals surface area contributed by atoms with E-state index in [0.29, 0.717) is 28.7 Å². The largest absolute Gasteiger partial charge is 0.493 e. The van der Waals surface area contributed by atoms with Crippen LogP contribution in [0.2, 0.25) is 5.02 Å². The van der Waals surface area contributed by atoms with Gasteiger partial charge in [-0.1, -0.05) is 35.9 Å². The highest BCUT2D eigenvalue weighted by atomic mass is 35.5. The average Bonchev–Trinajstić information content (AvgIpc) is 3.07. The lowest BCUT2D eigenvalue weighted by Gasteiger charge is -2.22. The van der Waals surface area contributed by atoms with Crippen LogP contribution in [0, 0.1) is 0 Å². The standard InChI is InChI=1S/C18H19ClN2O4S/c1-24-17-9-8-12(10-18(17)25-2)16-11-15(20-21(16)26(3,22)23)13-6-4-5-7-14(13)19/h4-10,16H,11H2,1-3H3/t16-/m1/s1. The van der Waals surface area contributed by atoms with Gasteiger partial charge in [-0.2, -0.15) is 9.52 Å². The Bertz CT molecular complexity index is 959. The Morgan fingerprint density at radius 2 is 1.81 bits per heavy atom. The maximum Gasteiger partial charge on any atom is 0.247 e. The molecule has 0 aromatic heterocycles. The fourth-order valence-electron chi connectivity index (χ4n) is 2.96. The molecule has 26 heavy (non-hydrogen) atoms. The fraction of sp³-hybridized carbons (Fsp3) is 0.278. The van der Waals surface area contributed by atoms with Crippen LogP contribution in [0.4, 0.5) is 0 Å². The number of halogens is 1. The van der Waals surface area contributed by atoms with Crippen molar-refractivity contribution in [2.45, 2.75) is 12.5 Å². The zero-order valence-corrected chi connectivity index (χ0v) is 16.2. The number of nitrogens with zero attached hydrogens (tertiary/aromatic N) is 2. The van der Waals surface area contributed by atoms with E-state index in [1.165, 1.54) is 7.11 Å². The summed E-state index contributed by atoms with van der Waals surface area (Å²) in [7, 11) is -0.470. The third-order valence-electron chi connectivity index (χ3n) is 4.19. The van der Waals surface area contributed by atoms with Crippen molar-refractivity contribution in [2.75, 3.05) is 20.5 Å². The minimum atomic E-state index is -3.56. The van der Waals surface area contributed by atoms with Crippen LogP contribution in [0.25, 0.3) is 0 Å². The predicted molar refractivity (Wildman–Crippen MR) is 102 cm³/mol. The number of hydrogen-bond acceptors (Lipinski definition) is 5. The number of hydrogen-bond donors (Lipinski definition) is 0. The van der Waals surface area contributed by atoms with Crippen LogP contribution in [0.5, 0.6) is 11.5 Å². The second-order valence-electron chi connectivity index (χ2n) is 5.90. The SMILES string of the molecule is COc1ccc([C@H]2CC(c3ccccc3Cl)=NN2S(C)(=O)=O)cc1OC. The first kappa shape index (κ1) is 18.5. The van der Waals surface area contributed by atoms with E-state index in [1.807, 2.05) is 24.3 Å². The van der Waals surface area contributed by atoms with Crippen molar-refractivity contribution in [3.63, 3.8) is 0 Å². The molecule has 2 aromatic rings. The van der Waals surface area contributed by atoms with Crippen molar-refractivity contribution in [1.29, 1.82) is 0 Å². The number of ether oxygens (including phenoxy) is 2. The molecule has 0 amide bonds. The molecular weight excluding hydrogens is 376 g/mol. The Morgan fingerprint density at radius 3 is 2.42 bits per heavy atom. The first-order valence-electron chi connectivity index (χ1n) is 7.89. The summed E-state index contributed by atoms with van der Waals surface area (Å²) in [6.07, 6.45) is 1.55. The summed E-state index contributed by atoms with van der Waals surface area (Å²) in [6, 6.07) is 12.1. The highest BCUT2D eigenvalue weighted by molar-refractivity contribution is 7.88. The molecule has 0 N–H and O–H groups in total. The lowest BCUT2D eigenvalue weighted by Crippen LogP contribution is -2.25. The van der Waals surface area contributed by atoms with Gasteiger partial charge in [0.05, 0.1) is 32.2 Å².